The maximum Gasteiger partial charge on any atom is 0.573 e. The monoisotopic (exact) mass is 412 g/mol. The van der Waals surface area contributed by atoms with E-state index in [4.69, 9.17) is 0 Å². The number of aromatic nitrogens is 3. The minimum atomic E-state index is -4.79. The molecule has 4 rings (SSSR count). The third-order valence-electron chi connectivity index (χ3n) is 4.63. The summed E-state index contributed by atoms with van der Waals surface area (Å²) in [6.07, 6.45) is -2.78. The largest absolute Gasteiger partial charge is 0.573 e. The Balaban J connectivity index is 1.52. The zero-order valence-electron chi connectivity index (χ0n) is 14.4. The average Bonchev–Trinajstić information content (AvgIpc) is 3.07. The summed E-state index contributed by atoms with van der Waals surface area (Å²) in [5, 5.41) is 15.8. The van der Waals surface area contributed by atoms with E-state index in [0.29, 0.717) is 41.6 Å². The number of hydrogen-bond acceptors (Lipinski definition) is 7. The van der Waals surface area contributed by atoms with Crippen LogP contribution in [0.1, 0.15) is 18.4 Å². The summed E-state index contributed by atoms with van der Waals surface area (Å²) in [6.45, 7) is 0.852. The van der Waals surface area contributed by atoms with Crippen molar-refractivity contribution in [3.63, 3.8) is 0 Å². The van der Waals surface area contributed by atoms with Gasteiger partial charge in [0.15, 0.2) is 0 Å². The second-order valence-corrected chi connectivity index (χ2v) is 7.39. The minimum Gasteiger partial charge on any atom is -0.406 e. The van der Waals surface area contributed by atoms with Gasteiger partial charge in [0.1, 0.15) is 5.75 Å². The maximum atomic E-state index is 12.4. The predicted octanol–water partition coefficient (Wildman–Crippen LogP) is 2.54. The lowest BCUT2D eigenvalue weighted by molar-refractivity contribution is -0.274. The molecule has 1 saturated heterocycles. The quantitative estimate of drug-likeness (QED) is 0.712. The van der Waals surface area contributed by atoms with Crippen molar-refractivity contribution in [3.8, 4) is 5.75 Å². The molecule has 7 nitrogen and oxygen atoms in total. The number of piperidine rings is 1. The van der Waals surface area contributed by atoms with Crippen molar-refractivity contribution in [2.24, 2.45) is 0 Å². The van der Waals surface area contributed by atoms with Gasteiger partial charge in [0, 0.05) is 25.4 Å². The highest BCUT2D eigenvalue weighted by molar-refractivity contribution is 7.20. The summed E-state index contributed by atoms with van der Waals surface area (Å²) in [5.74, 6) is -0.363. The Morgan fingerprint density at radius 1 is 1.21 bits per heavy atom. The molecule has 0 spiro atoms. The van der Waals surface area contributed by atoms with Crippen LogP contribution in [0.2, 0.25) is 0 Å². The van der Waals surface area contributed by atoms with Gasteiger partial charge < -0.3 is 14.7 Å². The molecule has 3 aromatic rings. The molecule has 148 valence electrons. The fraction of sp³-hybridized carbons (Fsp3) is 0.353. The van der Waals surface area contributed by atoms with Crippen molar-refractivity contribution in [1.29, 1.82) is 0 Å². The number of hydrogen-bond donors (Lipinski definition) is 1. The number of ether oxygens (including phenoxy) is 1. The Kier molecular flexibility index (Phi) is 4.50. The average molecular weight is 412 g/mol. The van der Waals surface area contributed by atoms with Gasteiger partial charge in [-0.3, -0.25) is 4.79 Å². The van der Waals surface area contributed by atoms with E-state index in [0.717, 1.165) is 0 Å². The Labute approximate surface area is 160 Å². The predicted molar refractivity (Wildman–Crippen MR) is 95.6 cm³/mol. The van der Waals surface area contributed by atoms with E-state index in [-0.39, 0.29) is 11.3 Å². The first-order valence-corrected chi connectivity index (χ1v) is 9.24. The molecule has 3 heterocycles. The molecule has 2 aromatic heterocycles. The van der Waals surface area contributed by atoms with Crippen molar-refractivity contribution in [2.45, 2.75) is 24.8 Å². The molecule has 1 aliphatic heterocycles. The van der Waals surface area contributed by atoms with Crippen LogP contribution in [0, 0.1) is 0 Å². The fourth-order valence-electron chi connectivity index (χ4n) is 3.20. The third kappa shape index (κ3) is 3.67. The van der Waals surface area contributed by atoms with E-state index in [2.05, 4.69) is 14.8 Å². The number of aliphatic hydroxyl groups is 1. The van der Waals surface area contributed by atoms with Crippen LogP contribution in [0.3, 0.4) is 0 Å². The van der Waals surface area contributed by atoms with Crippen molar-refractivity contribution >= 4 is 21.4 Å². The molecule has 11 heteroatoms. The molecule has 0 radical (unpaired) electrons. The molecule has 0 atom stereocenters. The maximum absolute atomic E-state index is 12.4. The van der Waals surface area contributed by atoms with E-state index in [1.807, 2.05) is 4.90 Å². The topological polar surface area (TPSA) is 80.0 Å². The highest BCUT2D eigenvalue weighted by Gasteiger charge is 2.36. The molecule has 1 fully saturated rings. The molecule has 1 N–H and O–H groups in total. The molecule has 0 unspecified atom stereocenters. The van der Waals surface area contributed by atoms with Crippen molar-refractivity contribution in [1.82, 2.24) is 14.6 Å². The van der Waals surface area contributed by atoms with Crippen LogP contribution in [0.5, 0.6) is 5.75 Å². The number of rotatable bonds is 3. The molecule has 0 bridgehead atoms. The molecule has 0 aliphatic carbocycles. The third-order valence-corrected chi connectivity index (χ3v) is 5.61. The normalized spacial score (nSPS) is 17.1. The molecule has 28 heavy (non-hydrogen) atoms. The first-order valence-electron chi connectivity index (χ1n) is 8.42. The summed E-state index contributed by atoms with van der Waals surface area (Å²) in [6, 6.07) is 6.74. The standard InChI is InChI=1S/C17H15F3N4O3S/c18-17(19,20)27-12-3-1-2-11(10-12)16(26)5-8-23(9-6-16)15-22-24-13(25)4-7-21-14(24)28-15/h1-4,7,10,26H,5-6,8-9H2. The van der Waals surface area contributed by atoms with Gasteiger partial charge in [-0.2, -0.15) is 4.52 Å². The lowest BCUT2D eigenvalue weighted by Crippen LogP contribution is -2.42. The van der Waals surface area contributed by atoms with Gasteiger partial charge in [0.2, 0.25) is 10.1 Å². The highest BCUT2D eigenvalue weighted by atomic mass is 32.1. The first-order chi connectivity index (χ1) is 13.2. The number of halogens is 3. The molecular formula is C17H15F3N4O3S. The Bertz CT molecular complexity index is 1060. The van der Waals surface area contributed by atoms with Crippen molar-refractivity contribution in [2.75, 3.05) is 18.0 Å². The van der Waals surface area contributed by atoms with Gasteiger partial charge in [0.25, 0.3) is 5.56 Å². The Morgan fingerprint density at radius 2 is 1.96 bits per heavy atom. The Hall–Kier alpha value is -2.66. The molecule has 1 aromatic carbocycles. The molecule has 1 aliphatic rings. The summed E-state index contributed by atoms with van der Waals surface area (Å²) >= 11 is 1.26. The van der Waals surface area contributed by atoms with E-state index in [1.54, 1.807) is 6.07 Å². The SMILES string of the molecule is O=c1ccnc2sc(N3CCC(O)(c4cccc(OC(F)(F)F)c4)CC3)nn12. The van der Waals surface area contributed by atoms with Crippen LogP contribution < -0.4 is 15.2 Å². The van der Waals surface area contributed by atoms with E-state index < -0.39 is 12.0 Å². The summed E-state index contributed by atoms with van der Waals surface area (Å²) in [5.41, 5.74) is -1.17. The van der Waals surface area contributed by atoms with Gasteiger partial charge in [-0.25, -0.2) is 4.98 Å². The number of benzene rings is 1. The van der Waals surface area contributed by atoms with E-state index >= 15 is 0 Å². The lowest BCUT2D eigenvalue weighted by Gasteiger charge is -2.38. The minimum absolute atomic E-state index is 0.275. The molecule has 0 saturated carbocycles. The summed E-state index contributed by atoms with van der Waals surface area (Å²) in [7, 11) is 0. The van der Waals surface area contributed by atoms with Gasteiger partial charge in [-0.05, 0) is 30.5 Å². The van der Waals surface area contributed by atoms with E-state index in [9.17, 15) is 23.1 Å². The van der Waals surface area contributed by atoms with Crippen molar-refractivity contribution in [3.05, 3.63) is 52.4 Å². The van der Waals surface area contributed by atoms with Gasteiger partial charge in [-0.1, -0.05) is 23.5 Å². The van der Waals surface area contributed by atoms with Gasteiger partial charge >= 0.3 is 6.36 Å². The second-order valence-electron chi connectivity index (χ2n) is 6.46. The van der Waals surface area contributed by atoms with E-state index in [1.165, 1.54) is 46.3 Å². The zero-order chi connectivity index (χ0) is 19.9. The molecular weight excluding hydrogens is 397 g/mol. The van der Waals surface area contributed by atoms with Crippen LogP contribution in [0.15, 0.2) is 41.3 Å². The van der Waals surface area contributed by atoms with Crippen LogP contribution in [-0.2, 0) is 5.60 Å². The number of nitrogens with zero attached hydrogens (tertiary/aromatic N) is 4. The van der Waals surface area contributed by atoms with Gasteiger partial charge in [-0.15, -0.1) is 18.3 Å². The molecule has 0 amide bonds. The van der Waals surface area contributed by atoms with Crippen LogP contribution in [0.25, 0.3) is 4.96 Å². The fourth-order valence-corrected chi connectivity index (χ4v) is 4.13. The van der Waals surface area contributed by atoms with Crippen LogP contribution >= 0.6 is 11.3 Å². The van der Waals surface area contributed by atoms with Gasteiger partial charge in [0.05, 0.1) is 5.60 Å². The Morgan fingerprint density at radius 3 is 2.64 bits per heavy atom. The summed E-state index contributed by atoms with van der Waals surface area (Å²) < 4.78 is 42.5. The summed E-state index contributed by atoms with van der Waals surface area (Å²) in [4.78, 5) is 18.3. The number of anilines is 1. The highest BCUT2D eigenvalue weighted by Crippen LogP contribution is 2.37. The second kappa shape index (κ2) is 6.74. The van der Waals surface area contributed by atoms with Crippen molar-refractivity contribution < 1.29 is 23.0 Å². The smallest absolute Gasteiger partial charge is 0.406 e. The lowest BCUT2D eigenvalue weighted by atomic mass is 9.84. The zero-order valence-corrected chi connectivity index (χ0v) is 15.2. The number of fused-ring (bicyclic) bond motifs is 1. The van der Waals surface area contributed by atoms with Crippen LogP contribution in [0.4, 0.5) is 18.3 Å². The first kappa shape index (κ1) is 18.7. The number of alkyl halides is 3. The van der Waals surface area contributed by atoms with Crippen LogP contribution in [-0.4, -0.2) is 39.2 Å².